The topological polar surface area (TPSA) is 3.24 Å². The van der Waals surface area contributed by atoms with Gasteiger partial charge in [0, 0.05) is 16.8 Å². The molecule has 0 aliphatic heterocycles. The second kappa shape index (κ2) is 10.2. The van der Waals surface area contributed by atoms with Gasteiger partial charge in [-0.15, -0.1) is 0 Å². The van der Waals surface area contributed by atoms with E-state index < -0.39 is 0 Å². The zero-order valence-corrected chi connectivity index (χ0v) is 26.4. The minimum absolute atomic E-state index is 0.00443. The van der Waals surface area contributed by atoms with Crippen LogP contribution in [0, 0.1) is 0 Å². The Morgan fingerprint density at radius 2 is 0.844 bits per heavy atom. The molecular formula is C44H37N. The molecule has 0 spiro atoms. The second-order valence-corrected chi connectivity index (χ2v) is 13.4. The lowest BCUT2D eigenvalue weighted by Crippen LogP contribution is -2.42. The van der Waals surface area contributed by atoms with Crippen LogP contribution in [0.4, 0.5) is 17.1 Å². The molecule has 0 heterocycles. The maximum absolute atomic E-state index is 2.45. The van der Waals surface area contributed by atoms with Crippen molar-refractivity contribution in [2.24, 2.45) is 0 Å². The van der Waals surface area contributed by atoms with Crippen molar-refractivity contribution in [3.8, 4) is 22.3 Å². The summed E-state index contributed by atoms with van der Waals surface area (Å²) in [5.41, 5.74) is 11.2. The van der Waals surface area contributed by atoms with Gasteiger partial charge in [-0.25, -0.2) is 0 Å². The van der Waals surface area contributed by atoms with E-state index in [9.17, 15) is 0 Å². The van der Waals surface area contributed by atoms with Crippen molar-refractivity contribution in [1.29, 1.82) is 0 Å². The van der Waals surface area contributed by atoms with Gasteiger partial charge in [0.2, 0.25) is 0 Å². The molecule has 0 saturated carbocycles. The lowest BCUT2D eigenvalue weighted by molar-refractivity contribution is 0.304. The molecule has 0 atom stereocenters. The highest BCUT2D eigenvalue weighted by molar-refractivity contribution is 6.18. The number of nitrogens with zero attached hydrogens (tertiary/aromatic N) is 1. The number of anilines is 3. The number of hydrogen-bond donors (Lipinski definition) is 0. The molecule has 0 aromatic heterocycles. The molecule has 0 radical (unpaired) electrons. The molecule has 1 aliphatic carbocycles. The Balaban J connectivity index is 1.38. The predicted molar refractivity (Wildman–Crippen MR) is 193 cm³/mol. The fraction of sp³-hybridized carbons (Fsp3) is 0.136. The maximum atomic E-state index is 2.45. The average molecular weight is 580 g/mol. The van der Waals surface area contributed by atoms with Crippen molar-refractivity contribution >= 4 is 38.6 Å². The van der Waals surface area contributed by atoms with Crippen LogP contribution in [0.25, 0.3) is 43.8 Å². The molecule has 0 bridgehead atoms. The highest BCUT2D eigenvalue weighted by atomic mass is 15.1. The van der Waals surface area contributed by atoms with E-state index in [1.54, 1.807) is 0 Å². The van der Waals surface area contributed by atoms with Crippen LogP contribution in [-0.4, -0.2) is 0 Å². The van der Waals surface area contributed by atoms with E-state index in [0.29, 0.717) is 0 Å². The van der Waals surface area contributed by atoms with Crippen LogP contribution >= 0.6 is 0 Å². The molecule has 218 valence electrons. The first-order valence-corrected chi connectivity index (χ1v) is 16.0. The third-order valence-electron chi connectivity index (χ3n) is 10.6. The van der Waals surface area contributed by atoms with Crippen LogP contribution in [0.3, 0.4) is 0 Å². The van der Waals surface area contributed by atoms with E-state index in [1.807, 2.05) is 0 Å². The highest BCUT2D eigenvalue weighted by Crippen LogP contribution is 2.55. The Bertz CT molecular complexity index is 2090. The van der Waals surface area contributed by atoms with Gasteiger partial charge in [0.1, 0.15) is 0 Å². The van der Waals surface area contributed by atoms with Gasteiger partial charge in [0.05, 0.1) is 5.69 Å². The van der Waals surface area contributed by atoms with Crippen LogP contribution in [0.1, 0.15) is 38.8 Å². The van der Waals surface area contributed by atoms with Crippen molar-refractivity contribution in [3.05, 3.63) is 163 Å². The van der Waals surface area contributed by atoms with E-state index in [1.165, 1.54) is 60.6 Å². The number of rotatable bonds is 5. The molecule has 0 fully saturated rings. The summed E-state index contributed by atoms with van der Waals surface area (Å²) < 4.78 is 0. The second-order valence-electron chi connectivity index (χ2n) is 13.4. The predicted octanol–water partition coefficient (Wildman–Crippen LogP) is 12.4. The quantitative estimate of drug-likeness (QED) is 0.183. The normalized spacial score (nSPS) is 14.6. The zero-order valence-electron chi connectivity index (χ0n) is 26.4. The van der Waals surface area contributed by atoms with Gasteiger partial charge in [0.25, 0.3) is 0 Å². The molecule has 7 aromatic rings. The molecule has 45 heavy (non-hydrogen) atoms. The highest BCUT2D eigenvalue weighted by Gasteiger charge is 2.45. The Kier molecular flexibility index (Phi) is 6.22. The summed E-state index contributed by atoms with van der Waals surface area (Å²) >= 11 is 0. The lowest BCUT2D eigenvalue weighted by Gasteiger charge is -2.47. The minimum Gasteiger partial charge on any atom is -0.310 e. The van der Waals surface area contributed by atoms with E-state index in [2.05, 4.69) is 184 Å². The number of benzene rings is 7. The van der Waals surface area contributed by atoms with Crippen molar-refractivity contribution in [2.45, 2.75) is 38.5 Å². The van der Waals surface area contributed by atoms with E-state index in [4.69, 9.17) is 0 Å². The van der Waals surface area contributed by atoms with Crippen LogP contribution in [0.5, 0.6) is 0 Å². The lowest BCUT2D eigenvalue weighted by atomic mass is 9.56. The Hall–Kier alpha value is -5.14. The monoisotopic (exact) mass is 579 g/mol. The SMILES string of the molecule is CC1(C)c2cccc3cc(N(c4ccc(-c5ccccc5)cc4)c4ccc(-c5ccccc5)cc4)c4cccc(c4c23)C1(C)C. The maximum Gasteiger partial charge on any atom is 0.0546 e. The first-order valence-electron chi connectivity index (χ1n) is 16.0. The summed E-state index contributed by atoms with van der Waals surface area (Å²) in [5.74, 6) is 0. The fourth-order valence-electron chi connectivity index (χ4n) is 7.42. The average Bonchev–Trinajstić information content (AvgIpc) is 3.08. The summed E-state index contributed by atoms with van der Waals surface area (Å²) in [6, 6.07) is 55.5. The van der Waals surface area contributed by atoms with Gasteiger partial charge in [-0.2, -0.15) is 0 Å². The van der Waals surface area contributed by atoms with Crippen LogP contribution in [0.2, 0.25) is 0 Å². The van der Waals surface area contributed by atoms with Crippen molar-refractivity contribution in [3.63, 3.8) is 0 Å². The summed E-state index contributed by atoms with van der Waals surface area (Å²) in [5, 5.41) is 5.36. The van der Waals surface area contributed by atoms with E-state index >= 15 is 0 Å². The molecule has 0 unspecified atom stereocenters. The molecule has 1 heteroatoms. The summed E-state index contributed by atoms with van der Waals surface area (Å²) in [6.07, 6.45) is 0. The molecule has 0 amide bonds. The van der Waals surface area contributed by atoms with Gasteiger partial charge >= 0.3 is 0 Å². The van der Waals surface area contributed by atoms with Crippen molar-refractivity contribution in [1.82, 2.24) is 0 Å². The summed E-state index contributed by atoms with van der Waals surface area (Å²) in [6.45, 7) is 9.65. The molecule has 0 N–H and O–H groups in total. The molecule has 1 nitrogen and oxygen atoms in total. The van der Waals surface area contributed by atoms with Gasteiger partial charge in [-0.3, -0.25) is 0 Å². The van der Waals surface area contributed by atoms with Gasteiger partial charge in [-0.05, 0) is 90.7 Å². The van der Waals surface area contributed by atoms with E-state index in [0.717, 1.165) is 11.4 Å². The van der Waals surface area contributed by atoms with E-state index in [-0.39, 0.29) is 10.8 Å². The van der Waals surface area contributed by atoms with Gasteiger partial charge < -0.3 is 4.90 Å². The van der Waals surface area contributed by atoms with Crippen LogP contribution < -0.4 is 4.90 Å². The van der Waals surface area contributed by atoms with Gasteiger partial charge in [-0.1, -0.05) is 149 Å². The third-order valence-corrected chi connectivity index (χ3v) is 10.6. The first-order chi connectivity index (χ1) is 21.8. The third kappa shape index (κ3) is 4.22. The smallest absolute Gasteiger partial charge is 0.0546 e. The largest absolute Gasteiger partial charge is 0.310 e. The van der Waals surface area contributed by atoms with Gasteiger partial charge in [0.15, 0.2) is 0 Å². The van der Waals surface area contributed by atoms with Crippen LogP contribution in [0.15, 0.2) is 152 Å². The number of hydrogen-bond acceptors (Lipinski definition) is 1. The minimum atomic E-state index is -0.0358. The Morgan fingerprint density at radius 1 is 0.400 bits per heavy atom. The zero-order chi connectivity index (χ0) is 30.8. The first kappa shape index (κ1) is 27.4. The van der Waals surface area contributed by atoms with Crippen LogP contribution in [-0.2, 0) is 10.8 Å². The summed E-state index contributed by atoms with van der Waals surface area (Å²) in [4.78, 5) is 2.45. The Labute approximate surface area is 266 Å². The molecule has 0 saturated heterocycles. The van der Waals surface area contributed by atoms with Crippen molar-refractivity contribution < 1.29 is 0 Å². The molecule has 7 aromatic carbocycles. The standard InChI is InChI=1S/C44H37N/c1-43(2)38-19-11-17-34-29-40(37-18-12-20-39(44(43,3)4)42(37)41(34)38)45(35-25-21-32(22-26-35)30-13-7-5-8-14-30)36-27-23-33(24-28-36)31-15-9-6-10-16-31/h5-29H,1-4H3. The summed E-state index contributed by atoms with van der Waals surface area (Å²) in [7, 11) is 0. The fourth-order valence-corrected chi connectivity index (χ4v) is 7.42. The molecular weight excluding hydrogens is 542 g/mol. The Morgan fingerprint density at radius 3 is 1.36 bits per heavy atom. The van der Waals surface area contributed by atoms with Crippen molar-refractivity contribution in [2.75, 3.05) is 4.90 Å². The molecule has 1 aliphatic rings. The molecule has 8 rings (SSSR count).